The molecule has 0 bridgehead atoms. The first-order chi connectivity index (χ1) is 14.8. The van der Waals surface area contributed by atoms with Gasteiger partial charge in [0.25, 0.3) is 11.6 Å². The molecule has 3 aromatic heterocycles. The molecule has 8 nitrogen and oxygen atoms in total. The van der Waals surface area contributed by atoms with Gasteiger partial charge in [-0.05, 0) is 57.5 Å². The van der Waals surface area contributed by atoms with E-state index in [2.05, 4.69) is 15.5 Å². The highest BCUT2D eigenvalue weighted by molar-refractivity contribution is 6.13. The average molecular weight is 419 g/mol. The first-order valence-corrected chi connectivity index (χ1v) is 9.63. The van der Waals surface area contributed by atoms with Crippen molar-refractivity contribution in [2.75, 3.05) is 12.4 Å². The highest BCUT2D eigenvalue weighted by Gasteiger charge is 2.22. The molecule has 0 aliphatic carbocycles. The third-order valence-corrected chi connectivity index (χ3v) is 5.09. The zero-order chi connectivity index (χ0) is 22.3. The van der Waals surface area contributed by atoms with Gasteiger partial charge in [-0.1, -0.05) is 11.2 Å². The smallest absolute Gasteiger partial charge is 0.337 e. The minimum atomic E-state index is -0.482. The molecule has 0 unspecified atom stereocenters. The number of aromatic nitrogens is 2. The third-order valence-electron chi connectivity index (χ3n) is 5.09. The fourth-order valence-electron chi connectivity index (χ4n) is 3.49. The van der Waals surface area contributed by atoms with E-state index in [-0.39, 0.29) is 11.6 Å². The highest BCUT2D eigenvalue weighted by atomic mass is 16.5. The average Bonchev–Trinajstić information content (AvgIpc) is 3.29. The molecule has 8 heteroatoms. The van der Waals surface area contributed by atoms with Crippen molar-refractivity contribution in [3.05, 3.63) is 64.2 Å². The first kappa shape index (κ1) is 20.3. The first-order valence-electron chi connectivity index (χ1n) is 9.63. The van der Waals surface area contributed by atoms with Crippen molar-refractivity contribution < 1.29 is 23.3 Å². The number of aryl methyl sites for hydroxylation is 4. The summed E-state index contributed by atoms with van der Waals surface area (Å²) in [4.78, 5) is 29.7. The van der Waals surface area contributed by atoms with Crippen molar-refractivity contribution in [2.24, 2.45) is 0 Å². The van der Waals surface area contributed by atoms with E-state index in [9.17, 15) is 9.59 Å². The van der Waals surface area contributed by atoms with E-state index in [1.54, 1.807) is 31.2 Å². The summed E-state index contributed by atoms with van der Waals surface area (Å²) >= 11 is 0. The minimum absolute atomic E-state index is 0.262. The topological polar surface area (TPSA) is 107 Å². The molecule has 0 atom stereocenters. The number of fused-ring (bicyclic) bond motifs is 1. The Morgan fingerprint density at radius 3 is 2.52 bits per heavy atom. The predicted octanol–water partition coefficient (Wildman–Crippen LogP) is 4.76. The van der Waals surface area contributed by atoms with E-state index < -0.39 is 5.97 Å². The summed E-state index contributed by atoms with van der Waals surface area (Å²) in [6.45, 7) is 7.27. The number of hydrogen-bond donors (Lipinski definition) is 1. The molecule has 0 radical (unpaired) electrons. The molecule has 0 saturated heterocycles. The third kappa shape index (κ3) is 3.68. The number of amides is 1. The fourth-order valence-corrected chi connectivity index (χ4v) is 3.49. The number of methoxy groups -OCH3 is 1. The molecule has 0 fully saturated rings. The van der Waals surface area contributed by atoms with Gasteiger partial charge < -0.3 is 19.0 Å². The van der Waals surface area contributed by atoms with Crippen molar-refractivity contribution in [3.8, 4) is 11.3 Å². The Morgan fingerprint density at radius 2 is 1.84 bits per heavy atom. The number of nitrogens with zero attached hydrogens (tertiary/aromatic N) is 2. The molecule has 3 heterocycles. The number of hydrogen-bond acceptors (Lipinski definition) is 7. The maximum Gasteiger partial charge on any atom is 0.337 e. The Kier molecular flexibility index (Phi) is 5.06. The summed E-state index contributed by atoms with van der Waals surface area (Å²) in [6, 6.07) is 8.53. The van der Waals surface area contributed by atoms with Crippen LogP contribution in [0.3, 0.4) is 0 Å². The van der Waals surface area contributed by atoms with Crippen molar-refractivity contribution >= 4 is 28.7 Å². The molecule has 31 heavy (non-hydrogen) atoms. The number of pyridine rings is 1. The van der Waals surface area contributed by atoms with E-state index >= 15 is 0 Å². The summed E-state index contributed by atoms with van der Waals surface area (Å²) < 4.78 is 15.7. The maximum absolute atomic E-state index is 13.3. The molecular weight excluding hydrogens is 398 g/mol. The Balaban J connectivity index is 1.80. The van der Waals surface area contributed by atoms with Gasteiger partial charge in [-0.15, -0.1) is 0 Å². The minimum Gasteiger partial charge on any atom is -0.466 e. The second-order valence-electron chi connectivity index (χ2n) is 7.31. The molecule has 4 rings (SSSR count). The molecule has 0 saturated carbocycles. The Labute approximate surface area is 178 Å². The summed E-state index contributed by atoms with van der Waals surface area (Å²) in [7, 11) is 1.31. The lowest BCUT2D eigenvalue weighted by molar-refractivity contribution is 0.0600. The second kappa shape index (κ2) is 7.71. The summed E-state index contributed by atoms with van der Waals surface area (Å²) in [5, 5.41) is 7.39. The molecular formula is C23H21N3O5. The van der Waals surface area contributed by atoms with Gasteiger partial charge in [0.2, 0.25) is 0 Å². The second-order valence-corrected chi connectivity index (χ2v) is 7.31. The van der Waals surface area contributed by atoms with E-state index in [0.29, 0.717) is 39.3 Å². The summed E-state index contributed by atoms with van der Waals surface area (Å²) in [5.41, 5.74) is 4.14. The molecule has 1 N–H and O–H groups in total. The molecule has 4 aromatic rings. The number of carbonyl (C=O) groups is 2. The normalized spacial score (nSPS) is 11.0. The van der Waals surface area contributed by atoms with E-state index in [0.717, 1.165) is 16.9 Å². The fraction of sp³-hybridized carbons (Fsp3) is 0.217. The van der Waals surface area contributed by atoms with Crippen molar-refractivity contribution in [1.82, 2.24) is 10.1 Å². The summed E-state index contributed by atoms with van der Waals surface area (Å²) in [6.07, 6.45) is 0. The Bertz CT molecular complexity index is 1330. The number of rotatable bonds is 4. The van der Waals surface area contributed by atoms with E-state index in [1.807, 2.05) is 26.8 Å². The molecule has 1 amide bonds. The van der Waals surface area contributed by atoms with Crippen LogP contribution < -0.4 is 5.32 Å². The van der Waals surface area contributed by atoms with Crippen LogP contribution in [0.25, 0.3) is 22.4 Å². The number of anilines is 1. The van der Waals surface area contributed by atoms with Crippen LogP contribution in [0.2, 0.25) is 0 Å². The molecule has 0 aliphatic rings. The number of esters is 1. The van der Waals surface area contributed by atoms with Crippen LogP contribution in [-0.4, -0.2) is 29.1 Å². The van der Waals surface area contributed by atoms with Gasteiger partial charge >= 0.3 is 5.97 Å². The molecule has 0 aliphatic heterocycles. The largest absolute Gasteiger partial charge is 0.466 e. The van der Waals surface area contributed by atoms with Crippen molar-refractivity contribution in [2.45, 2.75) is 27.7 Å². The lowest BCUT2D eigenvalue weighted by Gasteiger charge is -2.11. The van der Waals surface area contributed by atoms with Gasteiger partial charge in [-0.25, -0.2) is 9.78 Å². The van der Waals surface area contributed by atoms with Gasteiger partial charge in [-0.2, -0.15) is 0 Å². The van der Waals surface area contributed by atoms with E-state index in [4.69, 9.17) is 13.7 Å². The van der Waals surface area contributed by atoms with Crippen LogP contribution in [-0.2, 0) is 4.74 Å². The van der Waals surface area contributed by atoms with Crippen LogP contribution >= 0.6 is 0 Å². The monoisotopic (exact) mass is 419 g/mol. The number of ether oxygens (including phenoxy) is 1. The Morgan fingerprint density at radius 1 is 1.06 bits per heavy atom. The molecule has 158 valence electrons. The Hall–Kier alpha value is -3.94. The zero-order valence-electron chi connectivity index (χ0n) is 17.8. The SMILES string of the molecule is COC(=O)c1ccc(C)c(NC(=O)c2cc(-c3cc(C)oc3C)nc3onc(C)c23)c1. The van der Waals surface area contributed by atoms with Gasteiger partial charge in [0.1, 0.15) is 11.5 Å². The molecule has 1 aromatic carbocycles. The predicted molar refractivity (Wildman–Crippen MR) is 114 cm³/mol. The van der Waals surface area contributed by atoms with Gasteiger partial charge in [0.15, 0.2) is 0 Å². The number of furan rings is 1. The van der Waals surface area contributed by atoms with Gasteiger partial charge in [0, 0.05) is 11.3 Å². The van der Waals surface area contributed by atoms with Crippen LogP contribution in [0.5, 0.6) is 0 Å². The number of benzene rings is 1. The zero-order valence-corrected chi connectivity index (χ0v) is 17.8. The van der Waals surface area contributed by atoms with Crippen LogP contribution in [0.1, 0.15) is 43.5 Å². The standard InChI is InChI=1S/C23H21N3O5/c1-11-6-7-15(23(28)29-5)9-18(11)24-21(27)17-10-19(16-8-12(2)30-14(16)4)25-22-20(17)13(3)26-31-22/h6-10H,1-5H3,(H,24,27). The van der Waals surface area contributed by atoms with Crippen molar-refractivity contribution in [1.29, 1.82) is 0 Å². The summed E-state index contributed by atoms with van der Waals surface area (Å²) in [5.74, 6) is 0.575. The lowest BCUT2D eigenvalue weighted by Crippen LogP contribution is -2.15. The van der Waals surface area contributed by atoms with E-state index in [1.165, 1.54) is 7.11 Å². The van der Waals surface area contributed by atoms with Crippen LogP contribution in [0.4, 0.5) is 5.69 Å². The molecule has 0 spiro atoms. The maximum atomic E-state index is 13.3. The van der Waals surface area contributed by atoms with Gasteiger partial charge in [0.05, 0.1) is 35.0 Å². The highest BCUT2D eigenvalue weighted by Crippen LogP contribution is 2.31. The quantitative estimate of drug-likeness (QED) is 0.475. The van der Waals surface area contributed by atoms with Crippen LogP contribution in [0.15, 0.2) is 39.3 Å². The number of carbonyl (C=O) groups excluding carboxylic acids is 2. The number of nitrogens with one attached hydrogen (secondary N) is 1. The van der Waals surface area contributed by atoms with Crippen LogP contribution in [0, 0.1) is 27.7 Å². The van der Waals surface area contributed by atoms with Gasteiger partial charge in [-0.3, -0.25) is 4.79 Å². The van der Waals surface area contributed by atoms with Crippen molar-refractivity contribution in [3.63, 3.8) is 0 Å². The lowest BCUT2D eigenvalue weighted by atomic mass is 10.0.